The smallest absolute Gasteiger partial charge is 0.193 e. The first-order valence-electron chi connectivity index (χ1n) is 10.9. The van der Waals surface area contributed by atoms with E-state index in [-0.39, 0.29) is 24.0 Å². The molecule has 1 N–H and O–H groups in total. The first kappa shape index (κ1) is 23.2. The van der Waals surface area contributed by atoms with Crippen LogP contribution in [0, 0.1) is 11.3 Å². The molecule has 4 rings (SSSR count). The van der Waals surface area contributed by atoms with Crippen LogP contribution >= 0.6 is 35.3 Å². The Morgan fingerprint density at radius 2 is 2.17 bits per heavy atom. The summed E-state index contributed by atoms with van der Waals surface area (Å²) in [6, 6.07) is 0. The molecule has 1 unspecified atom stereocenters. The fraction of sp³-hybridized carbons (Fsp3) is 0.810. The molecule has 0 saturated carbocycles. The summed E-state index contributed by atoms with van der Waals surface area (Å²) in [6.07, 6.45) is 6.00. The van der Waals surface area contributed by atoms with Crippen molar-refractivity contribution in [3.8, 4) is 0 Å². The van der Waals surface area contributed by atoms with E-state index in [0.717, 1.165) is 57.7 Å². The molecule has 3 saturated heterocycles. The number of thiazole rings is 1. The van der Waals surface area contributed by atoms with E-state index < -0.39 is 0 Å². The van der Waals surface area contributed by atoms with Crippen molar-refractivity contribution < 1.29 is 4.74 Å². The summed E-state index contributed by atoms with van der Waals surface area (Å²) in [4.78, 5) is 14.3. The second-order valence-electron chi connectivity index (χ2n) is 8.71. The number of nitrogens with zero attached hydrogens (tertiary/aromatic N) is 4. The quantitative estimate of drug-likeness (QED) is 0.358. The molecule has 0 radical (unpaired) electrons. The Morgan fingerprint density at radius 3 is 2.83 bits per heavy atom. The van der Waals surface area contributed by atoms with Gasteiger partial charge in [0.15, 0.2) is 5.96 Å². The maximum Gasteiger partial charge on any atom is 0.193 e. The van der Waals surface area contributed by atoms with Gasteiger partial charge in [0.25, 0.3) is 0 Å². The van der Waals surface area contributed by atoms with Gasteiger partial charge in [-0.2, -0.15) is 0 Å². The van der Waals surface area contributed by atoms with Gasteiger partial charge in [0.2, 0.25) is 0 Å². The maximum absolute atomic E-state index is 5.66. The Labute approximate surface area is 196 Å². The topological polar surface area (TPSA) is 53.0 Å². The molecule has 29 heavy (non-hydrogen) atoms. The Kier molecular flexibility index (Phi) is 8.59. The van der Waals surface area contributed by atoms with E-state index in [1.165, 1.54) is 49.5 Å². The zero-order valence-corrected chi connectivity index (χ0v) is 21.0. The van der Waals surface area contributed by atoms with E-state index in [4.69, 9.17) is 9.72 Å². The van der Waals surface area contributed by atoms with Crippen molar-refractivity contribution in [2.24, 2.45) is 16.3 Å². The summed E-state index contributed by atoms with van der Waals surface area (Å²) >= 11 is 1.80. The molecule has 1 atom stereocenters. The molecule has 8 heteroatoms. The normalized spacial score (nSPS) is 26.3. The van der Waals surface area contributed by atoms with Gasteiger partial charge < -0.3 is 15.0 Å². The minimum Gasteiger partial charge on any atom is -0.381 e. The standard InChI is InChI=1S/C21H35N5OS.HI/c1-3-19-24-18(14-28-19)13-25-8-4-17(5-9-25)12-23-20(22-2)26-10-6-21(15-26)7-11-27-16-21;/h14,17H,3-13,15-16H2,1-2H3,(H,22,23);1H. The molecule has 6 nitrogen and oxygen atoms in total. The van der Waals surface area contributed by atoms with E-state index >= 15 is 0 Å². The van der Waals surface area contributed by atoms with Crippen molar-refractivity contribution in [1.29, 1.82) is 0 Å². The van der Waals surface area contributed by atoms with E-state index in [1.54, 1.807) is 11.3 Å². The van der Waals surface area contributed by atoms with Gasteiger partial charge in [-0.1, -0.05) is 6.92 Å². The number of nitrogens with one attached hydrogen (secondary N) is 1. The summed E-state index contributed by atoms with van der Waals surface area (Å²) in [5, 5.41) is 7.16. The third-order valence-electron chi connectivity index (χ3n) is 6.68. The number of halogens is 1. The number of piperidine rings is 1. The van der Waals surface area contributed by atoms with Gasteiger partial charge >= 0.3 is 0 Å². The van der Waals surface area contributed by atoms with Crippen molar-refractivity contribution in [3.05, 3.63) is 16.1 Å². The van der Waals surface area contributed by atoms with E-state index in [1.807, 2.05) is 7.05 Å². The highest BCUT2D eigenvalue weighted by Crippen LogP contribution is 2.38. The summed E-state index contributed by atoms with van der Waals surface area (Å²) in [5.41, 5.74) is 1.63. The van der Waals surface area contributed by atoms with Gasteiger partial charge in [0.1, 0.15) is 0 Å². The van der Waals surface area contributed by atoms with Crippen LogP contribution in [0.5, 0.6) is 0 Å². The van der Waals surface area contributed by atoms with Crippen LogP contribution < -0.4 is 5.32 Å². The first-order chi connectivity index (χ1) is 13.7. The molecule has 0 aliphatic carbocycles. The average molecular weight is 534 g/mol. The predicted octanol–water partition coefficient (Wildman–Crippen LogP) is 3.22. The van der Waals surface area contributed by atoms with Crippen molar-refractivity contribution in [2.75, 3.05) is 53.0 Å². The average Bonchev–Trinajstić information content (AvgIpc) is 3.46. The fourth-order valence-electron chi connectivity index (χ4n) is 4.82. The van der Waals surface area contributed by atoms with Crippen LogP contribution in [0.25, 0.3) is 0 Å². The molecule has 1 spiro atoms. The van der Waals surface area contributed by atoms with Crippen LogP contribution in [0.4, 0.5) is 0 Å². The summed E-state index contributed by atoms with van der Waals surface area (Å²) in [5.74, 6) is 1.82. The first-order valence-corrected chi connectivity index (χ1v) is 11.8. The van der Waals surface area contributed by atoms with Gasteiger partial charge in [0.05, 0.1) is 17.3 Å². The zero-order chi connectivity index (χ0) is 19.4. The van der Waals surface area contributed by atoms with Crippen LogP contribution in [0.2, 0.25) is 0 Å². The number of aliphatic imine (C=N–C) groups is 1. The molecule has 1 aromatic rings. The zero-order valence-electron chi connectivity index (χ0n) is 17.9. The van der Waals surface area contributed by atoms with Crippen molar-refractivity contribution in [3.63, 3.8) is 0 Å². The monoisotopic (exact) mass is 533 g/mol. The predicted molar refractivity (Wildman–Crippen MR) is 130 cm³/mol. The SMILES string of the molecule is CCc1nc(CN2CCC(CNC(=NC)N3CCC4(CCOC4)C3)CC2)cs1.I. The van der Waals surface area contributed by atoms with Crippen molar-refractivity contribution >= 4 is 41.3 Å². The summed E-state index contributed by atoms with van der Waals surface area (Å²) in [7, 11) is 1.92. The number of ether oxygens (including phenoxy) is 1. The largest absolute Gasteiger partial charge is 0.381 e. The molecule has 3 fully saturated rings. The molecule has 4 heterocycles. The fourth-order valence-corrected chi connectivity index (χ4v) is 5.55. The summed E-state index contributed by atoms with van der Waals surface area (Å²) in [6.45, 7) is 10.6. The Balaban J connectivity index is 0.00000240. The number of guanidine groups is 1. The van der Waals surface area contributed by atoms with Gasteiger partial charge in [-0.05, 0) is 51.1 Å². The van der Waals surface area contributed by atoms with Crippen LogP contribution in [0.1, 0.15) is 43.3 Å². The lowest BCUT2D eigenvalue weighted by atomic mass is 9.87. The van der Waals surface area contributed by atoms with Crippen LogP contribution in [0.15, 0.2) is 10.4 Å². The lowest BCUT2D eigenvalue weighted by molar-refractivity contribution is 0.156. The van der Waals surface area contributed by atoms with E-state index in [0.29, 0.717) is 5.41 Å². The minimum atomic E-state index is 0. The third-order valence-corrected chi connectivity index (χ3v) is 7.72. The van der Waals surface area contributed by atoms with Gasteiger partial charge in [0, 0.05) is 50.6 Å². The van der Waals surface area contributed by atoms with E-state index in [2.05, 4.69) is 32.4 Å². The molecular formula is C21H36IN5OS. The Bertz CT molecular complexity index is 668. The minimum absolute atomic E-state index is 0. The Morgan fingerprint density at radius 1 is 1.34 bits per heavy atom. The highest BCUT2D eigenvalue weighted by atomic mass is 127. The number of aromatic nitrogens is 1. The molecule has 1 aromatic heterocycles. The highest BCUT2D eigenvalue weighted by Gasteiger charge is 2.42. The maximum atomic E-state index is 5.66. The van der Waals surface area contributed by atoms with Crippen molar-refractivity contribution in [1.82, 2.24) is 20.1 Å². The lowest BCUT2D eigenvalue weighted by Gasteiger charge is -2.32. The molecule has 164 valence electrons. The molecule has 0 amide bonds. The van der Waals surface area contributed by atoms with Crippen LogP contribution in [-0.4, -0.2) is 73.7 Å². The van der Waals surface area contributed by atoms with E-state index in [9.17, 15) is 0 Å². The van der Waals surface area contributed by atoms with Gasteiger partial charge in [-0.3, -0.25) is 9.89 Å². The third kappa shape index (κ3) is 5.83. The van der Waals surface area contributed by atoms with Crippen LogP contribution in [-0.2, 0) is 17.7 Å². The number of likely N-dealkylation sites (tertiary alicyclic amines) is 2. The second-order valence-corrected chi connectivity index (χ2v) is 9.65. The number of rotatable bonds is 5. The molecule has 0 aromatic carbocycles. The molecular weight excluding hydrogens is 497 g/mol. The van der Waals surface area contributed by atoms with Gasteiger partial charge in [-0.25, -0.2) is 4.98 Å². The Hall–Kier alpha value is -0.450. The van der Waals surface area contributed by atoms with Gasteiger partial charge in [-0.15, -0.1) is 35.3 Å². The number of aryl methyl sites for hydroxylation is 1. The highest BCUT2D eigenvalue weighted by molar-refractivity contribution is 14.0. The molecule has 3 aliphatic rings. The number of hydrogen-bond donors (Lipinski definition) is 1. The summed E-state index contributed by atoms with van der Waals surface area (Å²) < 4.78 is 5.66. The molecule has 0 bridgehead atoms. The number of hydrogen-bond acceptors (Lipinski definition) is 5. The second kappa shape index (κ2) is 10.7. The van der Waals surface area contributed by atoms with Crippen LogP contribution in [0.3, 0.4) is 0 Å². The lowest BCUT2D eigenvalue weighted by Crippen LogP contribution is -2.44. The van der Waals surface area contributed by atoms with Crippen molar-refractivity contribution in [2.45, 2.75) is 45.6 Å². The molecule has 3 aliphatic heterocycles.